The molecule has 94 valence electrons. The Bertz CT molecular complexity index is 480. The van der Waals surface area contributed by atoms with Gasteiger partial charge in [0.05, 0.1) is 12.5 Å². The van der Waals surface area contributed by atoms with Crippen LogP contribution in [-0.2, 0) is 4.79 Å². The average molecular weight is 247 g/mol. The van der Waals surface area contributed by atoms with E-state index in [4.69, 9.17) is 5.26 Å². The van der Waals surface area contributed by atoms with E-state index in [1.165, 1.54) is 12.1 Å². The number of nitrogens with zero attached hydrogens (tertiary/aromatic N) is 2. The highest BCUT2D eigenvalue weighted by Gasteiger charge is 2.33. The van der Waals surface area contributed by atoms with Crippen LogP contribution in [0.2, 0.25) is 0 Å². The first-order valence-corrected chi connectivity index (χ1v) is 5.82. The molecular formula is C13H14FN3O. The lowest BCUT2D eigenvalue weighted by molar-refractivity contribution is -0.123. The summed E-state index contributed by atoms with van der Waals surface area (Å²) in [6.07, 6.45) is 0.119. The van der Waals surface area contributed by atoms with Gasteiger partial charge in [0.25, 0.3) is 0 Å². The smallest absolute Gasteiger partial charge is 0.243 e. The van der Waals surface area contributed by atoms with Crippen molar-refractivity contribution in [1.82, 2.24) is 5.32 Å². The molecule has 0 saturated carbocycles. The van der Waals surface area contributed by atoms with E-state index >= 15 is 0 Å². The van der Waals surface area contributed by atoms with Crippen LogP contribution in [-0.4, -0.2) is 24.5 Å². The molecule has 1 amide bonds. The second-order valence-electron chi connectivity index (χ2n) is 4.36. The number of carbonyl (C=O) groups excluding carboxylic acids is 1. The predicted octanol–water partition coefficient (Wildman–Crippen LogP) is 1.43. The minimum Gasteiger partial charge on any atom is -0.354 e. The Morgan fingerprint density at radius 2 is 2.17 bits per heavy atom. The molecule has 2 atom stereocenters. The van der Waals surface area contributed by atoms with Crippen molar-refractivity contribution in [3.63, 3.8) is 0 Å². The molecule has 18 heavy (non-hydrogen) atoms. The fourth-order valence-corrected chi connectivity index (χ4v) is 2.22. The van der Waals surface area contributed by atoms with Crippen LogP contribution >= 0.6 is 0 Å². The lowest BCUT2D eigenvalue weighted by atomic mass is 10.0. The summed E-state index contributed by atoms with van der Waals surface area (Å²) in [6, 6.07) is 7.57. The maximum absolute atomic E-state index is 12.9. The van der Waals surface area contributed by atoms with Gasteiger partial charge >= 0.3 is 0 Å². The fraction of sp³-hybridized carbons (Fsp3) is 0.385. The summed E-state index contributed by atoms with van der Waals surface area (Å²) < 4.78 is 12.9. The second kappa shape index (κ2) is 5.05. The number of carbonyl (C=O) groups is 1. The van der Waals surface area contributed by atoms with E-state index < -0.39 is 6.04 Å². The van der Waals surface area contributed by atoms with E-state index in [0.29, 0.717) is 6.54 Å². The van der Waals surface area contributed by atoms with Crippen LogP contribution in [0, 0.1) is 17.1 Å². The minimum absolute atomic E-state index is 0.0755. The second-order valence-corrected chi connectivity index (χ2v) is 4.36. The number of anilines is 1. The monoisotopic (exact) mass is 247 g/mol. The van der Waals surface area contributed by atoms with Crippen molar-refractivity contribution in [2.45, 2.75) is 25.4 Å². The van der Waals surface area contributed by atoms with Crippen LogP contribution in [0.5, 0.6) is 0 Å². The molecule has 1 aromatic carbocycles. The highest BCUT2D eigenvalue weighted by molar-refractivity contribution is 5.87. The third kappa shape index (κ3) is 2.28. The molecule has 0 aliphatic carbocycles. The van der Waals surface area contributed by atoms with Gasteiger partial charge in [-0.1, -0.05) is 0 Å². The van der Waals surface area contributed by atoms with Gasteiger partial charge in [-0.3, -0.25) is 4.79 Å². The molecule has 2 rings (SSSR count). The van der Waals surface area contributed by atoms with Crippen LogP contribution in [0.15, 0.2) is 24.3 Å². The topological polar surface area (TPSA) is 56.1 Å². The van der Waals surface area contributed by atoms with E-state index in [9.17, 15) is 9.18 Å². The molecule has 0 radical (unpaired) electrons. The largest absolute Gasteiger partial charge is 0.354 e. The van der Waals surface area contributed by atoms with Gasteiger partial charge in [-0.2, -0.15) is 5.26 Å². The number of rotatable bonds is 2. The number of halogens is 1. The molecule has 1 aromatic rings. The number of nitrogens with one attached hydrogen (secondary N) is 1. The van der Waals surface area contributed by atoms with Gasteiger partial charge < -0.3 is 10.2 Å². The Morgan fingerprint density at radius 1 is 1.50 bits per heavy atom. The van der Waals surface area contributed by atoms with E-state index in [2.05, 4.69) is 5.32 Å². The summed E-state index contributed by atoms with van der Waals surface area (Å²) in [6.45, 7) is 2.49. The van der Waals surface area contributed by atoms with Gasteiger partial charge in [-0.25, -0.2) is 4.39 Å². The van der Waals surface area contributed by atoms with Gasteiger partial charge in [0, 0.05) is 18.3 Å². The number of piperazine rings is 1. The summed E-state index contributed by atoms with van der Waals surface area (Å²) in [7, 11) is 0. The summed E-state index contributed by atoms with van der Waals surface area (Å²) in [5.74, 6) is -0.469. The molecular weight excluding hydrogens is 233 g/mol. The van der Waals surface area contributed by atoms with E-state index in [1.807, 2.05) is 17.9 Å². The van der Waals surface area contributed by atoms with Crippen molar-refractivity contribution in [3.05, 3.63) is 30.1 Å². The molecule has 1 aliphatic rings. The number of hydrogen-bond donors (Lipinski definition) is 1. The summed E-state index contributed by atoms with van der Waals surface area (Å²) in [4.78, 5) is 13.7. The number of benzene rings is 1. The normalized spacial score (nSPS) is 23.4. The highest BCUT2D eigenvalue weighted by Crippen LogP contribution is 2.24. The van der Waals surface area contributed by atoms with Crippen molar-refractivity contribution >= 4 is 11.6 Å². The zero-order chi connectivity index (χ0) is 13.1. The lowest BCUT2D eigenvalue weighted by Gasteiger charge is -2.40. The Kier molecular flexibility index (Phi) is 3.47. The van der Waals surface area contributed by atoms with E-state index in [-0.39, 0.29) is 24.2 Å². The van der Waals surface area contributed by atoms with Crippen molar-refractivity contribution in [2.24, 2.45) is 0 Å². The molecule has 5 heteroatoms. The molecule has 1 aliphatic heterocycles. The molecule has 4 nitrogen and oxygen atoms in total. The fourth-order valence-electron chi connectivity index (χ4n) is 2.22. The van der Waals surface area contributed by atoms with Gasteiger partial charge in [0.15, 0.2) is 0 Å². The Balaban J connectivity index is 2.33. The first kappa shape index (κ1) is 12.4. The summed E-state index contributed by atoms with van der Waals surface area (Å²) in [5, 5.41) is 11.6. The van der Waals surface area contributed by atoms with Crippen LogP contribution in [0.4, 0.5) is 10.1 Å². The average Bonchev–Trinajstić information content (AvgIpc) is 2.36. The molecule has 0 spiro atoms. The Labute approximate surface area is 105 Å². The van der Waals surface area contributed by atoms with Gasteiger partial charge in [-0.15, -0.1) is 0 Å². The summed E-state index contributed by atoms with van der Waals surface area (Å²) in [5.41, 5.74) is 0.763. The van der Waals surface area contributed by atoms with Crippen LogP contribution in [0.1, 0.15) is 13.3 Å². The van der Waals surface area contributed by atoms with Crippen LogP contribution in [0.25, 0.3) is 0 Å². The van der Waals surface area contributed by atoms with Crippen molar-refractivity contribution in [1.29, 1.82) is 5.26 Å². The number of hydrogen-bond acceptors (Lipinski definition) is 3. The maximum atomic E-state index is 12.9. The van der Waals surface area contributed by atoms with Gasteiger partial charge in [0.2, 0.25) is 5.91 Å². The van der Waals surface area contributed by atoms with Gasteiger partial charge in [0.1, 0.15) is 11.9 Å². The van der Waals surface area contributed by atoms with Crippen molar-refractivity contribution in [2.75, 3.05) is 11.4 Å². The molecule has 1 fully saturated rings. The Morgan fingerprint density at radius 3 is 2.78 bits per heavy atom. The zero-order valence-electron chi connectivity index (χ0n) is 10.1. The zero-order valence-corrected chi connectivity index (χ0v) is 10.1. The first-order valence-electron chi connectivity index (χ1n) is 5.82. The molecule has 1 N–H and O–H groups in total. The van der Waals surface area contributed by atoms with Gasteiger partial charge in [-0.05, 0) is 31.2 Å². The van der Waals surface area contributed by atoms with Crippen molar-refractivity contribution < 1.29 is 9.18 Å². The van der Waals surface area contributed by atoms with E-state index in [1.54, 1.807) is 12.1 Å². The molecule has 2 unspecified atom stereocenters. The molecule has 1 saturated heterocycles. The van der Waals surface area contributed by atoms with Crippen LogP contribution < -0.4 is 10.2 Å². The highest BCUT2D eigenvalue weighted by atomic mass is 19.1. The maximum Gasteiger partial charge on any atom is 0.243 e. The number of nitriles is 1. The third-order valence-electron chi connectivity index (χ3n) is 3.09. The SMILES string of the molecule is CC1CNC(=O)C(CC#N)N1c1ccc(F)cc1. The van der Waals surface area contributed by atoms with E-state index in [0.717, 1.165) is 5.69 Å². The van der Waals surface area contributed by atoms with Crippen LogP contribution in [0.3, 0.4) is 0 Å². The quantitative estimate of drug-likeness (QED) is 0.860. The predicted molar refractivity (Wildman–Crippen MR) is 65.4 cm³/mol. The lowest BCUT2D eigenvalue weighted by Crippen LogP contribution is -2.59. The summed E-state index contributed by atoms with van der Waals surface area (Å²) >= 11 is 0. The molecule has 0 aromatic heterocycles. The minimum atomic E-state index is -0.510. The number of amides is 1. The molecule has 0 bridgehead atoms. The Hall–Kier alpha value is -2.09. The molecule has 1 heterocycles. The standard InChI is InChI=1S/C13H14FN3O/c1-9-8-16-13(18)12(6-7-15)17(9)11-4-2-10(14)3-5-11/h2-5,9,12H,6,8H2,1H3,(H,16,18). The first-order chi connectivity index (χ1) is 8.63. The third-order valence-corrected chi connectivity index (χ3v) is 3.09. The van der Waals surface area contributed by atoms with Crippen molar-refractivity contribution in [3.8, 4) is 6.07 Å².